The lowest BCUT2D eigenvalue weighted by Crippen LogP contribution is -2.18. The smallest absolute Gasteiger partial charge is 0.349 e. The molecule has 0 saturated carbocycles. The number of carbonyl (C=O) groups is 1. The summed E-state index contributed by atoms with van der Waals surface area (Å²) >= 11 is 0. The van der Waals surface area contributed by atoms with E-state index < -0.39 is 17.7 Å². The van der Waals surface area contributed by atoms with Crippen molar-refractivity contribution in [3.05, 3.63) is 76.1 Å². The monoisotopic (exact) mass is 310 g/mol. The van der Waals surface area contributed by atoms with Crippen LogP contribution < -0.4 is 10.4 Å². The highest BCUT2D eigenvalue weighted by molar-refractivity contribution is 5.82. The Morgan fingerprint density at radius 1 is 1.09 bits per heavy atom. The van der Waals surface area contributed by atoms with Crippen LogP contribution in [0.15, 0.2) is 63.8 Å². The number of benzene rings is 2. The third-order valence-corrected chi connectivity index (χ3v) is 3.56. The number of fused-ring (bicyclic) bond motifs is 1. The zero-order valence-electron chi connectivity index (χ0n) is 12.4. The van der Waals surface area contributed by atoms with Gasteiger partial charge < -0.3 is 14.3 Å². The largest absolute Gasteiger partial charge is 0.478 e. The molecule has 0 aliphatic rings. The summed E-state index contributed by atoms with van der Waals surface area (Å²) in [6, 6.07) is 15.1. The fourth-order valence-corrected chi connectivity index (χ4v) is 2.40. The second-order valence-corrected chi connectivity index (χ2v) is 5.11. The van der Waals surface area contributed by atoms with E-state index in [0.717, 1.165) is 5.39 Å². The standard InChI is InChI=1S/C18H14O5/c1-11-14(9-7-13-8-10-15(19)23-16(11)13)22-17(18(20)21)12-5-3-2-4-6-12/h2-10,17H,1H3,(H,20,21). The van der Waals surface area contributed by atoms with Gasteiger partial charge in [0, 0.05) is 22.6 Å². The highest BCUT2D eigenvalue weighted by Crippen LogP contribution is 2.30. The number of carboxylic acid groups (broad SMARTS) is 1. The van der Waals surface area contributed by atoms with Gasteiger partial charge in [0.25, 0.3) is 0 Å². The van der Waals surface area contributed by atoms with E-state index in [2.05, 4.69) is 0 Å². The molecule has 1 N–H and O–H groups in total. The van der Waals surface area contributed by atoms with Crippen molar-refractivity contribution in [2.75, 3.05) is 0 Å². The minimum absolute atomic E-state index is 0.364. The van der Waals surface area contributed by atoms with Gasteiger partial charge in [-0.1, -0.05) is 30.3 Å². The molecule has 1 aromatic heterocycles. The van der Waals surface area contributed by atoms with Crippen molar-refractivity contribution in [2.24, 2.45) is 0 Å². The third kappa shape index (κ3) is 2.94. The molecular weight excluding hydrogens is 296 g/mol. The summed E-state index contributed by atoms with van der Waals surface area (Å²) in [5.74, 6) is -0.728. The van der Waals surface area contributed by atoms with Crippen molar-refractivity contribution >= 4 is 16.9 Å². The first-order chi connectivity index (χ1) is 11.1. The molecule has 0 aliphatic carbocycles. The van der Waals surface area contributed by atoms with E-state index in [1.807, 2.05) is 0 Å². The van der Waals surface area contributed by atoms with Gasteiger partial charge in [-0.25, -0.2) is 9.59 Å². The molecule has 0 aliphatic heterocycles. The summed E-state index contributed by atoms with van der Waals surface area (Å²) in [7, 11) is 0. The number of hydrogen-bond donors (Lipinski definition) is 1. The molecule has 0 radical (unpaired) electrons. The van der Waals surface area contributed by atoms with Gasteiger partial charge in [0.1, 0.15) is 11.3 Å². The fraction of sp³-hybridized carbons (Fsp3) is 0.111. The topological polar surface area (TPSA) is 76.7 Å². The number of rotatable bonds is 4. The quantitative estimate of drug-likeness (QED) is 0.748. The van der Waals surface area contributed by atoms with E-state index >= 15 is 0 Å². The fourth-order valence-electron chi connectivity index (χ4n) is 2.40. The van der Waals surface area contributed by atoms with E-state index in [9.17, 15) is 14.7 Å². The summed E-state index contributed by atoms with van der Waals surface area (Å²) in [6.45, 7) is 1.73. The van der Waals surface area contributed by atoms with Gasteiger partial charge in [0.15, 0.2) is 0 Å². The minimum atomic E-state index is -1.14. The second-order valence-electron chi connectivity index (χ2n) is 5.11. The Bertz CT molecular complexity index is 912. The average molecular weight is 310 g/mol. The maximum absolute atomic E-state index is 11.5. The van der Waals surface area contributed by atoms with Gasteiger partial charge >= 0.3 is 11.6 Å². The van der Waals surface area contributed by atoms with Crippen LogP contribution in [0.1, 0.15) is 17.2 Å². The van der Waals surface area contributed by atoms with Crippen LogP contribution in [0.3, 0.4) is 0 Å². The Morgan fingerprint density at radius 3 is 2.48 bits per heavy atom. The van der Waals surface area contributed by atoms with E-state index in [1.54, 1.807) is 55.5 Å². The van der Waals surface area contributed by atoms with Crippen molar-refractivity contribution in [3.8, 4) is 5.75 Å². The molecule has 1 heterocycles. The summed E-state index contributed by atoms with van der Waals surface area (Å²) < 4.78 is 10.9. The third-order valence-electron chi connectivity index (χ3n) is 3.56. The molecular formula is C18H14O5. The van der Waals surface area contributed by atoms with Crippen molar-refractivity contribution < 1.29 is 19.1 Å². The first-order valence-electron chi connectivity index (χ1n) is 7.04. The molecule has 2 aromatic carbocycles. The summed E-state index contributed by atoms with van der Waals surface area (Å²) in [4.78, 5) is 22.9. The van der Waals surface area contributed by atoms with E-state index in [4.69, 9.17) is 9.15 Å². The maximum atomic E-state index is 11.5. The van der Waals surface area contributed by atoms with Crippen molar-refractivity contribution in [3.63, 3.8) is 0 Å². The van der Waals surface area contributed by atoms with Crippen LogP contribution in [0.2, 0.25) is 0 Å². The predicted molar refractivity (Wildman–Crippen MR) is 84.7 cm³/mol. The van der Waals surface area contributed by atoms with E-state index in [1.165, 1.54) is 6.07 Å². The van der Waals surface area contributed by atoms with Crippen LogP contribution in [0.25, 0.3) is 11.0 Å². The van der Waals surface area contributed by atoms with Crippen LogP contribution in [0.4, 0.5) is 0 Å². The number of hydrogen-bond acceptors (Lipinski definition) is 4. The maximum Gasteiger partial charge on any atom is 0.349 e. The lowest BCUT2D eigenvalue weighted by Gasteiger charge is -2.17. The molecule has 1 unspecified atom stereocenters. The number of aryl methyl sites for hydroxylation is 1. The molecule has 0 bridgehead atoms. The number of ether oxygens (including phenoxy) is 1. The first kappa shape index (κ1) is 14.8. The Kier molecular flexibility index (Phi) is 3.85. The van der Waals surface area contributed by atoms with Crippen LogP contribution in [-0.2, 0) is 4.79 Å². The SMILES string of the molecule is Cc1c(OC(C(=O)O)c2ccccc2)ccc2ccc(=O)oc12. The Hall–Kier alpha value is -3.08. The van der Waals surface area contributed by atoms with Crippen molar-refractivity contribution in [2.45, 2.75) is 13.0 Å². The molecule has 0 amide bonds. The molecule has 3 rings (SSSR count). The highest BCUT2D eigenvalue weighted by atomic mass is 16.5. The van der Waals surface area contributed by atoms with Gasteiger partial charge in [0.2, 0.25) is 6.10 Å². The molecule has 5 heteroatoms. The van der Waals surface area contributed by atoms with E-state index in [0.29, 0.717) is 22.5 Å². The first-order valence-corrected chi connectivity index (χ1v) is 7.04. The second kappa shape index (κ2) is 5.96. The molecule has 0 spiro atoms. The zero-order valence-corrected chi connectivity index (χ0v) is 12.4. The Labute approximate surface area is 131 Å². The molecule has 5 nitrogen and oxygen atoms in total. The molecule has 1 atom stereocenters. The normalized spacial score (nSPS) is 12.0. The summed E-state index contributed by atoms with van der Waals surface area (Å²) in [5, 5.41) is 10.2. The lowest BCUT2D eigenvalue weighted by atomic mass is 10.1. The number of aliphatic carboxylic acids is 1. The van der Waals surface area contributed by atoms with Gasteiger partial charge in [-0.05, 0) is 25.1 Å². The predicted octanol–water partition coefficient (Wildman–Crippen LogP) is 3.31. The Balaban J connectivity index is 2.04. The van der Waals surface area contributed by atoms with Gasteiger partial charge in [-0.3, -0.25) is 0 Å². The van der Waals surface area contributed by atoms with Gasteiger partial charge in [-0.15, -0.1) is 0 Å². The van der Waals surface area contributed by atoms with Gasteiger partial charge in [0.05, 0.1) is 0 Å². The summed E-state index contributed by atoms with van der Waals surface area (Å²) in [5.41, 5.74) is 1.05. The van der Waals surface area contributed by atoms with Crippen LogP contribution in [-0.4, -0.2) is 11.1 Å². The van der Waals surface area contributed by atoms with E-state index in [-0.39, 0.29) is 0 Å². The van der Waals surface area contributed by atoms with Crippen molar-refractivity contribution in [1.82, 2.24) is 0 Å². The van der Waals surface area contributed by atoms with Crippen LogP contribution in [0.5, 0.6) is 5.75 Å². The van der Waals surface area contributed by atoms with Crippen molar-refractivity contribution in [1.29, 1.82) is 0 Å². The summed E-state index contributed by atoms with van der Waals surface area (Å²) in [6.07, 6.45) is -1.14. The number of carboxylic acids is 1. The highest BCUT2D eigenvalue weighted by Gasteiger charge is 2.23. The minimum Gasteiger partial charge on any atom is -0.478 e. The van der Waals surface area contributed by atoms with Crippen LogP contribution in [0, 0.1) is 6.92 Å². The molecule has 3 aromatic rings. The molecule has 0 saturated heterocycles. The molecule has 116 valence electrons. The lowest BCUT2D eigenvalue weighted by molar-refractivity contribution is -0.145. The molecule has 23 heavy (non-hydrogen) atoms. The average Bonchev–Trinajstić information content (AvgIpc) is 2.55. The zero-order chi connectivity index (χ0) is 16.4. The van der Waals surface area contributed by atoms with Gasteiger partial charge in [-0.2, -0.15) is 0 Å². The van der Waals surface area contributed by atoms with Crippen LogP contribution >= 0.6 is 0 Å². The molecule has 0 fully saturated rings. The Morgan fingerprint density at radius 2 is 1.78 bits per heavy atom.